The predicted octanol–water partition coefficient (Wildman–Crippen LogP) is 5.39. The van der Waals surface area contributed by atoms with Crippen LogP contribution in [0.25, 0.3) is 6.08 Å². The Morgan fingerprint density at radius 3 is 2.53 bits per heavy atom. The van der Waals surface area contributed by atoms with E-state index in [9.17, 15) is 14.9 Å². The lowest BCUT2D eigenvalue weighted by atomic mass is 10.0. The first-order chi connectivity index (χ1) is 14.5. The molecule has 6 heteroatoms. The van der Waals surface area contributed by atoms with E-state index >= 15 is 0 Å². The van der Waals surface area contributed by atoms with Crippen LogP contribution in [0.3, 0.4) is 0 Å². The maximum atomic E-state index is 12.7. The number of nitriles is 1. The fraction of sp³-hybridized carbons (Fsp3) is 0.0417. The number of ether oxygens (including phenoxy) is 1. The standard InChI is InChI=1S/C24H17ClN2O3/c1-30-20-9-5-7-17(14-20)23(28)18(15-26)12-16-6-4-8-19(13-16)27-24(29)21-10-2-3-11-22(21)25/h2-14H,1H3,(H,27,29)/b18-12-. The maximum absolute atomic E-state index is 12.7. The number of hydrogen-bond acceptors (Lipinski definition) is 4. The van der Waals surface area contributed by atoms with Crippen molar-refractivity contribution in [3.63, 3.8) is 0 Å². The molecule has 0 aliphatic carbocycles. The third kappa shape index (κ3) is 4.93. The number of methoxy groups -OCH3 is 1. The molecule has 1 N–H and O–H groups in total. The highest BCUT2D eigenvalue weighted by molar-refractivity contribution is 6.34. The van der Waals surface area contributed by atoms with Gasteiger partial charge in [0.1, 0.15) is 17.4 Å². The Morgan fingerprint density at radius 2 is 1.80 bits per heavy atom. The largest absolute Gasteiger partial charge is 0.497 e. The van der Waals surface area contributed by atoms with Gasteiger partial charge in [-0.1, -0.05) is 48.0 Å². The summed E-state index contributed by atoms with van der Waals surface area (Å²) in [6.45, 7) is 0. The number of amides is 1. The van der Waals surface area contributed by atoms with Gasteiger partial charge in [-0.25, -0.2) is 0 Å². The molecule has 0 aliphatic rings. The molecule has 0 heterocycles. The summed E-state index contributed by atoms with van der Waals surface area (Å²) in [6, 6.07) is 22.1. The van der Waals surface area contributed by atoms with Crippen LogP contribution in [0.1, 0.15) is 26.3 Å². The third-order valence-electron chi connectivity index (χ3n) is 4.27. The van der Waals surface area contributed by atoms with Crippen molar-refractivity contribution in [3.8, 4) is 11.8 Å². The van der Waals surface area contributed by atoms with E-state index in [1.54, 1.807) is 72.8 Å². The number of halogens is 1. The van der Waals surface area contributed by atoms with E-state index in [0.29, 0.717) is 33.1 Å². The summed E-state index contributed by atoms with van der Waals surface area (Å²) in [4.78, 5) is 25.2. The molecule has 5 nitrogen and oxygen atoms in total. The molecule has 30 heavy (non-hydrogen) atoms. The van der Waals surface area contributed by atoms with Gasteiger partial charge >= 0.3 is 0 Å². The van der Waals surface area contributed by atoms with Crippen LogP contribution in [0.15, 0.2) is 78.4 Å². The third-order valence-corrected chi connectivity index (χ3v) is 4.60. The van der Waals surface area contributed by atoms with Crippen LogP contribution in [0.5, 0.6) is 5.75 Å². The van der Waals surface area contributed by atoms with Crippen LogP contribution in [0.2, 0.25) is 5.02 Å². The minimum absolute atomic E-state index is 0.0298. The van der Waals surface area contributed by atoms with E-state index in [-0.39, 0.29) is 11.5 Å². The van der Waals surface area contributed by atoms with Gasteiger partial charge in [0.25, 0.3) is 5.91 Å². The Balaban J connectivity index is 1.84. The molecule has 0 fully saturated rings. The number of hydrogen-bond donors (Lipinski definition) is 1. The number of benzene rings is 3. The summed E-state index contributed by atoms with van der Waals surface area (Å²) in [7, 11) is 1.51. The van der Waals surface area contributed by atoms with Gasteiger partial charge in [-0.3, -0.25) is 9.59 Å². The van der Waals surface area contributed by atoms with Gasteiger partial charge in [0.05, 0.1) is 17.7 Å². The monoisotopic (exact) mass is 416 g/mol. The molecule has 3 rings (SSSR count). The zero-order chi connectivity index (χ0) is 21.5. The second kappa shape index (κ2) is 9.55. The molecular formula is C24H17ClN2O3. The molecule has 148 valence electrons. The van der Waals surface area contributed by atoms with Crippen LogP contribution in [-0.4, -0.2) is 18.8 Å². The highest BCUT2D eigenvalue weighted by Crippen LogP contribution is 2.21. The van der Waals surface area contributed by atoms with E-state index in [1.807, 2.05) is 6.07 Å². The SMILES string of the molecule is COc1cccc(C(=O)/C(C#N)=C\c2cccc(NC(=O)c3ccccc3Cl)c2)c1. The van der Waals surface area contributed by atoms with Crippen molar-refractivity contribution < 1.29 is 14.3 Å². The van der Waals surface area contributed by atoms with E-state index < -0.39 is 5.78 Å². The average molecular weight is 417 g/mol. The van der Waals surface area contributed by atoms with Crippen molar-refractivity contribution in [2.24, 2.45) is 0 Å². The van der Waals surface area contributed by atoms with Crippen LogP contribution in [-0.2, 0) is 0 Å². The van der Waals surface area contributed by atoms with Crippen molar-refractivity contribution in [2.45, 2.75) is 0 Å². The van der Waals surface area contributed by atoms with Gasteiger partial charge in [-0.15, -0.1) is 0 Å². The van der Waals surface area contributed by atoms with Gasteiger partial charge in [-0.05, 0) is 48.0 Å². The average Bonchev–Trinajstić information content (AvgIpc) is 2.77. The zero-order valence-electron chi connectivity index (χ0n) is 16.1. The lowest BCUT2D eigenvalue weighted by Gasteiger charge is -2.08. The quantitative estimate of drug-likeness (QED) is 0.332. The highest BCUT2D eigenvalue weighted by atomic mass is 35.5. The fourth-order valence-corrected chi connectivity index (χ4v) is 3.01. The number of ketones is 1. The second-order valence-electron chi connectivity index (χ2n) is 6.29. The normalized spacial score (nSPS) is 10.8. The Bertz CT molecular complexity index is 1180. The first-order valence-electron chi connectivity index (χ1n) is 8.98. The first-order valence-corrected chi connectivity index (χ1v) is 9.36. The predicted molar refractivity (Wildman–Crippen MR) is 117 cm³/mol. The molecule has 0 aromatic heterocycles. The summed E-state index contributed by atoms with van der Waals surface area (Å²) in [6.07, 6.45) is 1.48. The number of anilines is 1. The number of nitrogens with one attached hydrogen (secondary N) is 1. The van der Waals surface area contributed by atoms with Crippen molar-refractivity contribution in [1.29, 1.82) is 5.26 Å². The summed E-state index contributed by atoms with van der Waals surface area (Å²) in [5.41, 5.74) is 1.79. The van der Waals surface area contributed by atoms with Crippen molar-refractivity contribution in [3.05, 3.63) is 100 Å². The van der Waals surface area contributed by atoms with Crippen LogP contribution in [0, 0.1) is 11.3 Å². The number of rotatable bonds is 6. The smallest absolute Gasteiger partial charge is 0.257 e. The Labute approximate surface area is 179 Å². The van der Waals surface area contributed by atoms with Crippen LogP contribution >= 0.6 is 11.6 Å². The molecule has 0 spiro atoms. The first kappa shape index (κ1) is 20.8. The molecule has 0 radical (unpaired) electrons. The fourth-order valence-electron chi connectivity index (χ4n) is 2.79. The molecule has 1 amide bonds. The molecule has 0 bridgehead atoms. The number of nitrogens with zero attached hydrogens (tertiary/aromatic N) is 1. The van der Waals surface area contributed by atoms with Gasteiger partial charge in [0, 0.05) is 11.3 Å². The molecule has 0 atom stereocenters. The van der Waals surface area contributed by atoms with E-state index in [1.165, 1.54) is 13.2 Å². The topological polar surface area (TPSA) is 79.2 Å². The molecular weight excluding hydrogens is 400 g/mol. The molecule has 3 aromatic carbocycles. The summed E-state index contributed by atoms with van der Waals surface area (Å²) in [5.74, 6) is -0.237. The molecule has 0 saturated heterocycles. The van der Waals surface area contributed by atoms with Crippen LogP contribution < -0.4 is 10.1 Å². The number of carbonyl (C=O) groups is 2. The van der Waals surface area contributed by atoms with Gasteiger partial charge in [-0.2, -0.15) is 5.26 Å². The molecule has 3 aromatic rings. The van der Waals surface area contributed by atoms with E-state index in [4.69, 9.17) is 16.3 Å². The van der Waals surface area contributed by atoms with Crippen LogP contribution in [0.4, 0.5) is 5.69 Å². The second-order valence-corrected chi connectivity index (χ2v) is 6.70. The number of carbonyl (C=O) groups excluding carboxylic acids is 2. The van der Waals surface area contributed by atoms with Crippen molar-refractivity contribution in [1.82, 2.24) is 0 Å². The van der Waals surface area contributed by atoms with Crippen molar-refractivity contribution in [2.75, 3.05) is 12.4 Å². The van der Waals surface area contributed by atoms with Gasteiger partial charge in [0.15, 0.2) is 0 Å². The molecule has 0 unspecified atom stereocenters. The lowest BCUT2D eigenvalue weighted by molar-refractivity contribution is 0.102. The lowest BCUT2D eigenvalue weighted by Crippen LogP contribution is -2.12. The summed E-state index contributed by atoms with van der Waals surface area (Å²) >= 11 is 6.07. The van der Waals surface area contributed by atoms with Gasteiger partial charge in [0.2, 0.25) is 5.78 Å². The Hall–Kier alpha value is -3.88. The molecule has 0 saturated carbocycles. The zero-order valence-corrected chi connectivity index (χ0v) is 16.8. The highest BCUT2D eigenvalue weighted by Gasteiger charge is 2.14. The minimum Gasteiger partial charge on any atom is -0.497 e. The molecule has 0 aliphatic heterocycles. The van der Waals surface area contributed by atoms with Crippen molar-refractivity contribution >= 4 is 35.1 Å². The Morgan fingerprint density at radius 1 is 1.03 bits per heavy atom. The Kier molecular flexibility index (Phi) is 6.63. The number of allylic oxidation sites excluding steroid dienone is 1. The maximum Gasteiger partial charge on any atom is 0.257 e. The van der Waals surface area contributed by atoms with E-state index in [0.717, 1.165) is 0 Å². The minimum atomic E-state index is -0.415. The summed E-state index contributed by atoms with van der Waals surface area (Å²) < 4.78 is 5.13. The number of Topliss-reactive ketones (excluding diaryl/α,β-unsaturated/α-hetero) is 1. The summed E-state index contributed by atoms with van der Waals surface area (Å²) in [5, 5.41) is 12.6. The van der Waals surface area contributed by atoms with E-state index in [2.05, 4.69) is 5.32 Å². The van der Waals surface area contributed by atoms with Gasteiger partial charge < -0.3 is 10.1 Å².